The van der Waals surface area contributed by atoms with E-state index >= 15 is 0 Å². The van der Waals surface area contributed by atoms with Crippen molar-refractivity contribution >= 4 is 33.3 Å². The number of hydrogen-bond acceptors (Lipinski definition) is 5. The van der Waals surface area contributed by atoms with Crippen LogP contribution in [0.2, 0.25) is 0 Å². The first-order chi connectivity index (χ1) is 11.0. The van der Waals surface area contributed by atoms with Gasteiger partial charge in [0.1, 0.15) is 22.5 Å². The van der Waals surface area contributed by atoms with Gasteiger partial charge in [-0.2, -0.15) is 0 Å². The summed E-state index contributed by atoms with van der Waals surface area (Å²) in [6.07, 6.45) is 5.35. The Balaban J connectivity index is 2.08. The average Bonchev–Trinajstić information content (AvgIpc) is 2.89. The molecule has 2 aromatic heterocycles. The van der Waals surface area contributed by atoms with Crippen LogP contribution in [0.25, 0.3) is 10.2 Å². The molecule has 0 amide bonds. The van der Waals surface area contributed by atoms with Crippen molar-refractivity contribution < 1.29 is 9.90 Å². The highest BCUT2D eigenvalue weighted by atomic mass is 32.1. The fraction of sp³-hybridized carbons (Fsp3) is 0.588. The number of hydrogen-bond donors (Lipinski definition) is 2. The first-order valence-electron chi connectivity index (χ1n) is 8.29. The third kappa shape index (κ3) is 3.04. The number of aryl methyl sites for hydroxylation is 3. The van der Waals surface area contributed by atoms with Crippen LogP contribution in [0.5, 0.6) is 0 Å². The summed E-state index contributed by atoms with van der Waals surface area (Å²) in [4.78, 5) is 23.1. The second kappa shape index (κ2) is 6.43. The Kier molecular flexibility index (Phi) is 4.53. The van der Waals surface area contributed by atoms with E-state index < -0.39 is 12.0 Å². The number of nitrogens with zero attached hydrogens (tertiary/aromatic N) is 2. The lowest BCUT2D eigenvalue weighted by Crippen LogP contribution is -2.35. The molecule has 6 heteroatoms. The van der Waals surface area contributed by atoms with E-state index in [0.29, 0.717) is 11.6 Å². The van der Waals surface area contributed by atoms with Crippen molar-refractivity contribution in [1.82, 2.24) is 9.97 Å². The molecule has 5 nitrogen and oxygen atoms in total. The number of carbonyl (C=O) groups is 1. The zero-order valence-electron chi connectivity index (χ0n) is 13.8. The van der Waals surface area contributed by atoms with Gasteiger partial charge in [-0.25, -0.2) is 14.8 Å². The van der Waals surface area contributed by atoms with Gasteiger partial charge in [-0.15, -0.1) is 11.3 Å². The summed E-state index contributed by atoms with van der Waals surface area (Å²) in [7, 11) is 0. The lowest BCUT2D eigenvalue weighted by Gasteiger charge is -2.22. The Bertz CT molecular complexity index is 741. The van der Waals surface area contributed by atoms with Crippen LogP contribution >= 0.6 is 11.3 Å². The molecule has 0 aromatic carbocycles. The predicted molar refractivity (Wildman–Crippen MR) is 93.3 cm³/mol. The van der Waals surface area contributed by atoms with Crippen molar-refractivity contribution in [2.24, 2.45) is 5.92 Å². The molecule has 2 N–H and O–H groups in total. The topological polar surface area (TPSA) is 75.1 Å². The summed E-state index contributed by atoms with van der Waals surface area (Å²) < 4.78 is 0. The number of carboxylic acid groups (broad SMARTS) is 1. The molecule has 2 heterocycles. The zero-order valence-corrected chi connectivity index (χ0v) is 14.7. The second-order valence-electron chi connectivity index (χ2n) is 6.36. The normalized spacial score (nSPS) is 16.8. The SMILES string of the molecule is CC[C@@H](C)[C@H](Nc1nc(C)nc2sc3c(c12)CCCC3)C(=O)O. The minimum absolute atomic E-state index is 0.0345. The molecule has 23 heavy (non-hydrogen) atoms. The quantitative estimate of drug-likeness (QED) is 0.870. The molecule has 2 aromatic rings. The van der Waals surface area contributed by atoms with Crippen LogP contribution in [-0.4, -0.2) is 27.1 Å². The van der Waals surface area contributed by atoms with Gasteiger partial charge >= 0.3 is 5.97 Å². The molecule has 0 saturated carbocycles. The van der Waals surface area contributed by atoms with E-state index in [4.69, 9.17) is 0 Å². The maximum absolute atomic E-state index is 11.6. The zero-order chi connectivity index (χ0) is 16.6. The van der Waals surface area contributed by atoms with Gasteiger partial charge in [-0.1, -0.05) is 20.3 Å². The smallest absolute Gasteiger partial charge is 0.326 e. The van der Waals surface area contributed by atoms with Crippen molar-refractivity contribution in [3.05, 3.63) is 16.3 Å². The number of fused-ring (bicyclic) bond motifs is 3. The van der Waals surface area contributed by atoms with E-state index in [-0.39, 0.29) is 5.92 Å². The van der Waals surface area contributed by atoms with E-state index in [1.807, 2.05) is 20.8 Å². The Labute approximate surface area is 140 Å². The Morgan fingerprint density at radius 1 is 1.35 bits per heavy atom. The van der Waals surface area contributed by atoms with Gasteiger partial charge in [0.25, 0.3) is 0 Å². The molecule has 0 radical (unpaired) electrons. The van der Waals surface area contributed by atoms with E-state index in [1.165, 1.54) is 23.3 Å². The molecule has 0 fully saturated rings. The van der Waals surface area contributed by atoms with Crippen LogP contribution in [0.4, 0.5) is 5.82 Å². The molecule has 0 bridgehead atoms. The lowest BCUT2D eigenvalue weighted by molar-refractivity contribution is -0.139. The Morgan fingerprint density at radius 2 is 2.09 bits per heavy atom. The molecule has 0 aliphatic heterocycles. The van der Waals surface area contributed by atoms with Gasteiger partial charge in [-0.05, 0) is 44.1 Å². The Morgan fingerprint density at radius 3 is 2.78 bits per heavy atom. The molecule has 124 valence electrons. The van der Waals surface area contributed by atoms with E-state index in [9.17, 15) is 9.90 Å². The van der Waals surface area contributed by atoms with Gasteiger partial charge in [0.2, 0.25) is 0 Å². The summed E-state index contributed by atoms with van der Waals surface area (Å²) in [6, 6.07) is -0.628. The average molecular weight is 333 g/mol. The van der Waals surface area contributed by atoms with Crippen molar-refractivity contribution in [2.45, 2.75) is 58.9 Å². The van der Waals surface area contributed by atoms with Crippen LogP contribution < -0.4 is 5.32 Å². The van der Waals surface area contributed by atoms with Crippen LogP contribution in [0.1, 0.15) is 49.4 Å². The third-order valence-electron chi connectivity index (χ3n) is 4.70. The largest absolute Gasteiger partial charge is 0.480 e. The monoisotopic (exact) mass is 333 g/mol. The first-order valence-corrected chi connectivity index (χ1v) is 9.11. The van der Waals surface area contributed by atoms with Gasteiger partial charge in [0.05, 0.1) is 5.39 Å². The highest BCUT2D eigenvalue weighted by Crippen LogP contribution is 2.39. The van der Waals surface area contributed by atoms with Gasteiger partial charge in [0.15, 0.2) is 0 Å². The number of thiophene rings is 1. The fourth-order valence-corrected chi connectivity index (χ4v) is 4.51. The lowest BCUT2D eigenvalue weighted by atomic mass is 9.96. The van der Waals surface area contributed by atoms with Gasteiger partial charge in [0, 0.05) is 4.88 Å². The molecule has 2 atom stereocenters. The van der Waals surface area contributed by atoms with Crippen LogP contribution in [0.15, 0.2) is 0 Å². The predicted octanol–water partition coefficient (Wildman–Crippen LogP) is 3.79. The maximum atomic E-state index is 11.6. The molecule has 0 spiro atoms. The molecule has 0 unspecified atom stereocenters. The number of rotatable bonds is 5. The maximum Gasteiger partial charge on any atom is 0.326 e. The van der Waals surface area contributed by atoms with Crippen LogP contribution in [-0.2, 0) is 17.6 Å². The van der Waals surface area contributed by atoms with Crippen LogP contribution in [0, 0.1) is 12.8 Å². The third-order valence-corrected chi connectivity index (χ3v) is 5.88. The van der Waals surface area contributed by atoms with Gasteiger partial charge < -0.3 is 10.4 Å². The summed E-state index contributed by atoms with van der Waals surface area (Å²) in [5.74, 6) is 0.589. The van der Waals surface area contributed by atoms with Crippen molar-refractivity contribution in [1.29, 1.82) is 0 Å². The van der Waals surface area contributed by atoms with Crippen molar-refractivity contribution in [3.8, 4) is 0 Å². The minimum Gasteiger partial charge on any atom is -0.480 e. The standard InChI is InChI=1S/C17H23N3O2S/c1-4-9(2)14(17(21)22)20-15-13-11-7-5-6-8-12(11)23-16(13)19-10(3)18-15/h9,14H,4-8H2,1-3H3,(H,21,22)(H,18,19,20)/t9-,14+/m1/s1. The van der Waals surface area contributed by atoms with Crippen molar-refractivity contribution in [3.63, 3.8) is 0 Å². The minimum atomic E-state index is -0.826. The summed E-state index contributed by atoms with van der Waals surface area (Å²) >= 11 is 1.74. The Hall–Kier alpha value is -1.69. The highest BCUT2D eigenvalue weighted by molar-refractivity contribution is 7.19. The summed E-state index contributed by atoms with van der Waals surface area (Å²) in [6.45, 7) is 5.83. The molecular weight excluding hydrogens is 310 g/mol. The number of carboxylic acids is 1. The van der Waals surface area contributed by atoms with E-state index in [2.05, 4.69) is 15.3 Å². The molecule has 0 saturated heterocycles. The van der Waals surface area contributed by atoms with Crippen molar-refractivity contribution in [2.75, 3.05) is 5.32 Å². The van der Waals surface area contributed by atoms with E-state index in [0.717, 1.165) is 29.5 Å². The second-order valence-corrected chi connectivity index (χ2v) is 7.44. The van der Waals surface area contributed by atoms with Gasteiger partial charge in [-0.3, -0.25) is 0 Å². The molecule has 1 aliphatic rings. The molecule has 1 aliphatic carbocycles. The summed E-state index contributed by atoms with van der Waals surface area (Å²) in [5, 5.41) is 13.8. The highest BCUT2D eigenvalue weighted by Gasteiger charge is 2.27. The number of anilines is 1. The molecule has 3 rings (SSSR count). The number of aliphatic carboxylic acids is 1. The first kappa shape index (κ1) is 16.2. The van der Waals surface area contributed by atoms with E-state index in [1.54, 1.807) is 11.3 Å². The molecular formula is C17H23N3O2S. The summed E-state index contributed by atoms with van der Waals surface area (Å²) in [5.41, 5.74) is 1.33. The number of nitrogens with one attached hydrogen (secondary N) is 1. The number of aromatic nitrogens is 2. The fourth-order valence-electron chi connectivity index (χ4n) is 3.20. The van der Waals surface area contributed by atoms with Crippen LogP contribution in [0.3, 0.4) is 0 Å².